The first-order valence-electron chi connectivity index (χ1n) is 8.73. The lowest BCUT2D eigenvalue weighted by molar-refractivity contribution is 0.0978. The minimum absolute atomic E-state index is 0.0206. The number of rotatable bonds is 8. The Morgan fingerprint density at radius 1 is 1.21 bits per heavy atom. The van der Waals surface area contributed by atoms with Gasteiger partial charge in [0.05, 0.1) is 9.92 Å². The standard InChI is InChI=1S/C20H18ClFN2O3S2/c1-13-2-4-15(28-13)5-9-20(25)19-8-3-14(11-23-19)12-24-29(26,27)16-6-7-18(22)17(21)10-16/h2-4,6-8,10-11,24H,5,9,12H2,1H3. The van der Waals surface area contributed by atoms with Crippen LogP contribution in [0.15, 0.2) is 53.6 Å². The number of hydrogen-bond acceptors (Lipinski definition) is 5. The summed E-state index contributed by atoms with van der Waals surface area (Å²) < 4.78 is 40.2. The number of pyridine rings is 1. The Labute approximate surface area is 177 Å². The summed E-state index contributed by atoms with van der Waals surface area (Å²) in [4.78, 5) is 18.7. The Morgan fingerprint density at radius 2 is 2.00 bits per heavy atom. The number of halogens is 2. The highest BCUT2D eigenvalue weighted by atomic mass is 35.5. The van der Waals surface area contributed by atoms with Crippen LogP contribution < -0.4 is 4.72 Å². The van der Waals surface area contributed by atoms with Crippen LogP contribution in [0.4, 0.5) is 4.39 Å². The van der Waals surface area contributed by atoms with Crippen LogP contribution >= 0.6 is 22.9 Å². The molecule has 0 spiro atoms. The summed E-state index contributed by atoms with van der Waals surface area (Å²) in [5.41, 5.74) is 0.933. The molecule has 29 heavy (non-hydrogen) atoms. The molecule has 0 fully saturated rings. The molecule has 3 aromatic rings. The van der Waals surface area contributed by atoms with Crippen LogP contribution in [0.25, 0.3) is 0 Å². The molecule has 3 rings (SSSR count). The summed E-state index contributed by atoms with van der Waals surface area (Å²) in [6.07, 6.45) is 2.49. The van der Waals surface area contributed by atoms with Crippen molar-refractivity contribution in [3.63, 3.8) is 0 Å². The summed E-state index contributed by atoms with van der Waals surface area (Å²) in [5, 5.41) is -0.268. The predicted octanol–water partition coefficient (Wildman–Crippen LogP) is 4.54. The van der Waals surface area contributed by atoms with Gasteiger partial charge in [-0.3, -0.25) is 9.78 Å². The SMILES string of the molecule is Cc1ccc(CCC(=O)c2ccc(CNS(=O)(=O)c3ccc(F)c(Cl)c3)cn2)s1. The van der Waals surface area contributed by atoms with E-state index in [9.17, 15) is 17.6 Å². The molecule has 0 saturated heterocycles. The molecule has 0 aliphatic heterocycles. The molecule has 0 atom stereocenters. The van der Waals surface area contributed by atoms with Gasteiger partial charge in [0.25, 0.3) is 0 Å². The van der Waals surface area contributed by atoms with E-state index in [1.807, 2.05) is 19.1 Å². The monoisotopic (exact) mass is 452 g/mol. The Balaban J connectivity index is 1.58. The Bertz CT molecular complexity index is 1130. The van der Waals surface area contributed by atoms with Gasteiger partial charge in [-0.05, 0) is 55.3 Å². The molecule has 1 N–H and O–H groups in total. The van der Waals surface area contributed by atoms with Gasteiger partial charge >= 0.3 is 0 Å². The molecule has 0 saturated carbocycles. The smallest absolute Gasteiger partial charge is 0.240 e. The average molecular weight is 453 g/mol. The highest BCUT2D eigenvalue weighted by Gasteiger charge is 2.16. The molecular formula is C20H18ClFN2O3S2. The van der Waals surface area contributed by atoms with E-state index < -0.39 is 15.8 Å². The van der Waals surface area contributed by atoms with Crippen molar-refractivity contribution in [1.29, 1.82) is 0 Å². The lowest BCUT2D eigenvalue weighted by Crippen LogP contribution is -2.23. The van der Waals surface area contributed by atoms with E-state index in [0.29, 0.717) is 24.1 Å². The number of thiophene rings is 1. The minimum Gasteiger partial charge on any atom is -0.292 e. The second-order valence-electron chi connectivity index (χ2n) is 6.39. The third-order valence-corrected chi connectivity index (χ3v) is 6.92. The summed E-state index contributed by atoms with van der Waals surface area (Å²) in [7, 11) is -3.86. The molecule has 5 nitrogen and oxygen atoms in total. The number of benzene rings is 1. The Morgan fingerprint density at radius 3 is 2.62 bits per heavy atom. The highest BCUT2D eigenvalue weighted by molar-refractivity contribution is 7.89. The van der Waals surface area contributed by atoms with Gasteiger partial charge in [0.15, 0.2) is 5.78 Å². The van der Waals surface area contributed by atoms with Crippen LogP contribution in [-0.4, -0.2) is 19.2 Å². The second-order valence-corrected chi connectivity index (χ2v) is 9.93. The van der Waals surface area contributed by atoms with E-state index in [1.165, 1.54) is 11.1 Å². The third kappa shape index (κ3) is 5.70. The number of sulfonamides is 1. The first-order chi connectivity index (χ1) is 13.7. The maximum absolute atomic E-state index is 13.2. The van der Waals surface area contributed by atoms with Crippen molar-refractivity contribution in [3.8, 4) is 0 Å². The Kier molecular flexibility index (Phi) is 6.79. The summed E-state index contributed by atoms with van der Waals surface area (Å²) in [6, 6.07) is 10.5. The summed E-state index contributed by atoms with van der Waals surface area (Å²) in [6.45, 7) is 2.00. The van der Waals surface area contributed by atoms with Gasteiger partial charge in [-0.25, -0.2) is 17.5 Å². The lowest BCUT2D eigenvalue weighted by atomic mass is 10.1. The average Bonchev–Trinajstić information content (AvgIpc) is 3.12. The zero-order valence-electron chi connectivity index (χ0n) is 15.5. The second kappa shape index (κ2) is 9.13. The molecule has 0 aliphatic carbocycles. The van der Waals surface area contributed by atoms with Gasteiger partial charge in [0.2, 0.25) is 10.0 Å². The van der Waals surface area contributed by atoms with Crippen molar-refractivity contribution < 1.29 is 17.6 Å². The molecule has 0 amide bonds. The van der Waals surface area contributed by atoms with Crippen LogP contribution in [0, 0.1) is 12.7 Å². The van der Waals surface area contributed by atoms with Crippen molar-refractivity contribution >= 4 is 38.7 Å². The number of ketones is 1. The van der Waals surface area contributed by atoms with Crippen LogP contribution in [0.5, 0.6) is 0 Å². The topological polar surface area (TPSA) is 76.1 Å². The number of nitrogens with zero attached hydrogens (tertiary/aromatic N) is 1. The summed E-state index contributed by atoms with van der Waals surface area (Å²) in [5.74, 6) is -0.756. The molecule has 0 aliphatic rings. The lowest BCUT2D eigenvalue weighted by Gasteiger charge is -2.08. The van der Waals surface area contributed by atoms with Crippen LogP contribution in [0.1, 0.15) is 32.2 Å². The fraction of sp³-hybridized carbons (Fsp3) is 0.200. The van der Waals surface area contributed by atoms with Crippen LogP contribution in [-0.2, 0) is 23.0 Å². The first-order valence-corrected chi connectivity index (χ1v) is 11.4. The zero-order valence-corrected chi connectivity index (χ0v) is 17.9. The number of carbonyl (C=O) groups is 1. The van der Waals surface area contributed by atoms with Crippen molar-refractivity contribution in [2.24, 2.45) is 0 Å². The van der Waals surface area contributed by atoms with Gasteiger partial charge in [-0.1, -0.05) is 17.7 Å². The number of aromatic nitrogens is 1. The maximum atomic E-state index is 13.2. The fourth-order valence-electron chi connectivity index (χ4n) is 2.58. The van der Waals surface area contributed by atoms with Gasteiger partial charge in [-0.2, -0.15) is 0 Å². The normalized spacial score (nSPS) is 11.6. The van der Waals surface area contributed by atoms with Crippen molar-refractivity contribution in [1.82, 2.24) is 9.71 Å². The van der Waals surface area contributed by atoms with Crippen LogP contribution in [0.3, 0.4) is 0 Å². The molecule has 9 heteroatoms. The highest BCUT2D eigenvalue weighted by Crippen LogP contribution is 2.20. The molecule has 0 bridgehead atoms. The van der Waals surface area contributed by atoms with E-state index in [1.54, 1.807) is 23.5 Å². The molecular weight excluding hydrogens is 435 g/mol. The van der Waals surface area contributed by atoms with E-state index in [2.05, 4.69) is 9.71 Å². The largest absolute Gasteiger partial charge is 0.292 e. The van der Waals surface area contributed by atoms with E-state index in [-0.39, 0.29) is 22.2 Å². The third-order valence-electron chi connectivity index (χ3n) is 4.17. The van der Waals surface area contributed by atoms with E-state index in [0.717, 1.165) is 23.1 Å². The number of hydrogen-bond donors (Lipinski definition) is 1. The van der Waals surface area contributed by atoms with Crippen molar-refractivity contribution in [3.05, 3.63) is 80.5 Å². The molecule has 2 aromatic heterocycles. The number of carbonyl (C=O) groups excluding carboxylic acids is 1. The quantitative estimate of drug-likeness (QED) is 0.509. The van der Waals surface area contributed by atoms with E-state index >= 15 is 0 Å². The first kappa shape index (κ1) is 21.6. The molecule has 152 valence electrons. The van der Waals surface area contributed by atoms with Gasteiger partial charge in [-0.15, -0.1) is 11.3 Å². The predicted molar refractivity (Wildman–Crippen MR) is 111 cm³/mol. The fourth-order valence-corrected chi connectivity index (χ4v) is 4.76. The summed E-state index contributed by atoms with van der Waals surface area (Å²) >= 11 is 7.31. The van der Waals surface area contributed by atoms with Crippen molar-refractivity contribution in [2.45, 2.75) is 31.2 Å². The number of aryl methyl sites for hydroxylation is 2. The van der Waals surface area contributed by atoms with E-state index in [4.69, 9.17) is 11.6 Å². The van der Waals surface area contributed by atoms with Gasteiger partial charge in [0.1, 0.15) is 11.5 Å². The van der Waals surface area contributed by atoms with Gasteiger partial charge in [0, 0.05) is 28.9 Å². The van der Waals surface area contributed by atoms with Gasteiger partial charge < -0.3 is 0 Å². The number of nitrogens with one attached hydrogen (secondary N) is 1. The Hall–Kier alpha value is -2.13. The minimum atomic E-state index is -3.86. The number of Topliss-reactive ketones (excluding diaryl/α,β-unsaturated/α-hetero) is 1. The molecule has 1 aromatic carbocycles. The van der Waals surface area contributed by atoms with Crippen LogP contribution in [0.2, 0.25) is 5.02 Å². The maximum Gasteiger partial charge on any atom is 0.240 e. The van der Waals surface area contributed by atoms with Crippen molar-refractivity contribution in [2.75, 3.05) is 0 Å². The molecule has 0 unspecified atom stereocenters. The molecule has 0 radical (unpaired) electrons. The molecule has 2 heterocycles. The zero-order chi connectivity index (χ0) is 21.0.